The van der Waals surface area contributed by atoms with E-state index in [0.717, 1.165) is 0 Å². The van der Waals surface area contributed by atoms with Gasteiger partial charge in [0.05, 0.1) is 0 Å². The first-order valence-electron chi connectivity index (χ1n) is 9.79. The van der Waals surface area contributed by atoms with Crippen LogP contribution in [0.15, 0.2) is 41.0 Å². The highest BCUT2D eigenvalue weighted by Gasteiger charge is 2.53. The minimum absolute atomic E-state index is 0.0337. The van der Waals surface area contributed by atoms with Crippen molar-refractivity contribution >= 4 is 75.9 Å². The molecule has 2 aliphatic heterocycles. The Morgan fingerprint density at radius 1 is 1.41 bits per heavy atom. The number of carboxylic acids is 1. The molecular weight excluding hydrogens is 549 g/mol. The molecule has 16 heteroatoms. The lowest BCUT2D eigenvalue weighted by atomic mass is 10.0. The summed E-state index contributed by atoms with van der Waals surface area (Å²) in [7, 11) is 1.71. The van der Waals surface area contributed by atoms with Crippen molar-refractivity contribution in [1.29, 1.82) is 0 Å². The van der Waals surface area contributed by atoms with Crippen molar-refractivity contribution in [3.8, 4) is 0 Å². The molecule has 0 spiro atoms. The first kappa shape index (κ1) is 25.3. The van der Waals surface area contributed by atoms with E-state index in [1.165, 1.54) is 33.1 Å². The van der Waals surface area contributed by atoms with Crippen LogP contribution in [0.2, 0.25) is 0 Å². The van der Waals surface area contributed by atoms with Crippen molar-refractivity contribution in [2.45, 2.75) is 27.1 Å². The Bertz CT molecular complexity index is 1110. The molecule has 2 aromatic heterocycles. The van der Waals surface area contributed by atoms with Gasteiger partial charge in [-0.2, -0.15) is 4.57 Å². The van der Waals surface area contributed by atoms with Crippen LogP contribution in [-0.4, -0.2) is 75.4 Å². The Morgan fingerprint density at radius 3 is 2.76 bits per heavy atom. The van der Waals surface area contributed by atoms with E-state index < -0.39 is 15.8 Å². The number of aromatic nitrogens is 5. The molecule has 2 aromatic rings. The van der Waals surface area contributed by atoms with Crippen molar-refractivity contribution in [2.75, 3.05) is 23.4 Å². The Morgan fingerprint density at radius 2 is 2.15 bits per heavy atom. The summed E-state index contributed by atoms with van der Waals surface area (Å²) in [6, 6.07) is 3.04. The van der Waals surface area contributed by atoms with Crippen molar-refractivity contribution in [2.24, 2.45) is 7.05 Å². The number of β-lactam (4-membered cyclic amide) rings is 1. The van der Waals surface area contributed by atoms with Crippen LogP contribution < -0.4 is 9.88 Å². The Kier molecular flexibility index (Phi) is 7.79. The van der Waals surface area contributed by atoms with Gasteiger partial charge in [-0.05, 0) is 16.0 Å². The van der Waals surface area contributed by atoms with Crippen LogP contribution in [-0.2, 0) is 28.1 Å². The number of fused-ring (bicyclic) bond motifs is 1. The number of ether oxygens (including phenoxy) is 1. The number of carboxylic acid groups (broad SMARTS) is 1. The molecule has 1 amide bonds. The van der Waals surface area contributed by atoms with Gasteiger partial charge in [0.25, 0.3) is 12.6 Å². The van der Waals surface area contributed by atoms with Crippen LogP contribution in [0.1, 0.15) is 0 Å². The van der Waals surface area contributed by atoms with E-state index in [4.69, 9.17) is 39.5 Å². The summed E-state index contributed by atoms with van der Waals surface area (Å²) in [6.45, 7) is 0.145. The minimum atomic E-state index is -1.48. The second kappa shape index (κ2) is 10.5. The highest BCUT2D eigenvalue weighted by Crippen LogP contribution is 2.42. The van der Waals surface area contributed by atoms with Gasteiger partial charge in [-0.25, -0.2) is 9.48 Å². The number of carbonyl (C=O) groups is 2. The average Bonchev–Trinajstić information content (AvgIpc) is 3.20. The van der Waals surface area contributed by atoms with Gasteiger partial charge in [-0.15, -0.1) is 16.9 Å². The number of aliphatic carboxylic acids is 1. The highest BCUT2D eigenvalue weighted by molar-refractivity contribution is 8.01. The second-order valence-electron chi connectivity index (χ2n) is 7.36. The maximum atomic E-state index is 12.9. The molecule has 0 aliphatic carbocycles. The summed E-state index contributed by atoms with van der Waals surface area (Å²) in [4.78, 5) is 26.3. The van der Waals surface area contributed by atoms with Crippen molar-refractivity contribution in [1.82, 2.24) is 25.1 Å². The van der Waals surface area contributed by atoms with E-state index in [9.17, 15) is 14.7 Å². The quantitative estimate of drug-likeness (QED) is 0.200. The summed E-state index contributed by atoms with van der Waals surface area (Å²) >= 11 is 19.8. The number of tetrazole rings is 1. The molecule has 0 unspecified atom stereocenters. The zero-order valence-electron chi connectivity index (χ0n) is 17.6. The number of amides is 1. The third-order valence-corrected chi connectivity index (χ3v) is 7.69. The number of rotatable bonds is 9. The number of nitrogens with one attached hydrogen (secondary N) is 1. The van der Waals surface area contributed by atoms with E-state index in [-0.39, 0.29) is 30.3 Å². The molecule has 4 heterocycles. The largest absolute Gasteiger partial charge is 0.477 e. The lowest BCUT2D eigenvalue weighted by molar-refractivity contribution is -0.732. The van der Waals surface area contributed by atoms with Crippen LogP contribution in [0.4, 0.5) is 5.69 Å². The van der Waals surface area contributed by atoms with E-state index in [2.05, 4.69) is 20.8 Å². The molecule has 2 atom stereocenters. The van der Waals surface area contributed by atoms with Crippen molar-refractivity contribution < 1.29 is 24.0 Å². The number of hydrogen-bond acceptors (Lipinski definition) is 9. The summed E-state index contributed by atoms with van der Waals surface area (Å²) in [5.41, 5.74) is 1.41. The van der Waals surface area contributed by atoms with Gasteiger partial charge >= 0.3 is 5.97 Å². The van der Waals surface area contributed by atoms with Gasteiger partial charge in [0.15, 0.2) is 12.4 Å². The summed E-state index contributed by atoms with van der Waals surface area (Å²) in [5.74, 6) is -0.558. The molecule has 0 aromatic carbocycles. The molecule has 1 fully saturated rings. The standard InChI is InChI=1S/C18H18Cl3N7O4S2/c1-26-17(23-24-25-26)34-7-10-6-33-15-12(14(29)28(15)13(10)16(30)31)22-11-2-4-27(5-3-11)9-32-8-18(19,20)21/h2-5,12,15H,6-9H2,1H3,(H,30,31)/p+1/t12-,15-/m1/s1. The Balaban J connectivity index is 1.38. The second-order valence-corrected chi connectivity index (χ2v) is 11.9. The number of alkyl halides is 3. The van der Waals surface area contributed by atoms with Gasteiger partial charge in [-0.1, -0.05) is 46.6 Å². The predicted molar refractivity (Wildman–Crippen MR) is 128 cm³/mol. The number of halogens is 3. The average molecular weight is 568 g/mol. The van der Waals surface area contributed by atoms with Crippen LogP contribution >= 0.6 is 58.3 Å². The monoisotopic (exact) mass is 566 g/mol. The Hall–Kier alpha value is -1.77. The topological polar surface area (TPSA) is 126 Å². The summed E-state index contributed by atoms with van der Waals surface area (Å²) in [6.07, 6.45) is 3.52. The first-order valence-corrected chi connectivity index (χ1v) is 13.0. The third-order valence-electron chi connectivity index (χ3n) is 4.93. The number of nitrogens with zero attached hydrogens (tertiary/aromatic N) is 6. The molecule has 0 bridgehead atoms. The molecule has 2 N–H and O–H groups in total. The van der Waals surface area contributed by atoms with Gasteiger partial charge in [-0.3, -0.25) is 9.69 Å². The van der Waals surface area contributed by atoms with Crippen LogP contribution in [0.25, 0.3) is 0 Å². The number of anilines is 1. The third kappa shape index (κ3) is 5.71. The fraction of sp³-hybridized carbons (Fsp3) is 0.444. The van der Waals surface area contributed by atoms with Crippen LogP contribution in [0, 0.1) is 0 Å². The molecule has 34 heavy (non-hydrogen) atoms. The van der Waals surface area contributed by atoms with Crippen molar-refractivity contribution in [3.05, 3.63) is 35.8 Å². The van der Waals surface area contributed by atoms with Crippen LogP contribution in [0.5, 0.6) is 0 Å². The normalized spacial score (nSPS) is 20.2. The van der Waals surface area contributed by atoms with Gasteiger partial charge in [0.1, 0.15) is 23.7 Å². The fourth-order valence-corrected chi connectivity index (χ4v) is 5.94. The smallest absolute Gasteiger partial charge is 0.352 e. The molecule has 0 saturated carbocycles. The number of thioether (sulfide) groups is 2. The SMILES string of the molecule is Cn1nnnc1SCC1=C(C(=O)O)N2C(=O)[C@@H](Nc3cc[n+](COCC(Cl)(Cl)Cl)cc3)[C@H]2SC1. The number of aryl methyl sites for hydroxylation is 1. The fourth-order valence-electron chi connectivity index (χ4n) is 3.38. The van der Waals surface area contributed by atoms with E-state index >= 15 is 0 Å². The van der Waals surface area contributed by atoms with E-state index in [1.54, 1.807) is 36.1 Å². The van der Waals surface area contributed by atoms with Gasteiger partial charge in [0, 0.05) is 36.4 Å². The molecule has 2 aliphatic rings. The first-order chi connectivity index (χ1) is 16.1. The molecule has 11 nitrogen and oxygen atoms in total. The molecule has 182 valence electrons. The number of pyridine rings is 1. The molecular formula is C18H19Cl3N7O4S2+. The Labute approximate surface area is 217 Å². The summed E-state index contributed by atoms with van der Waals surface area (Å²) < 4.78 is 7.10. The summed E-state index contributed by atoms with van der Waals surface area (Å²) in [5, 5.41) is 24.5. The maximum Gasteiger partial charge on any atom is 0.352 e. The molecule has 4 rings (SSSR count). The minimum Gasteiger partial charge on any atom is -0.477 e. The van der Waals surface area contributed by atoms with Crippen molar-refractivity contribution in [3.63, 3.8) is 0 Å². The zero-order valence-corrected chi connectivity index (χ0v) is 21.5. The van der Waals surface area contributed by atoms with Gasteiger partial charge in [0.2, 0.25) is 8.95 Å². The number of hydrogen-bond donors (Lipinski definition) is 2. The van der Waals surface area contributed by atoms with Gasteiger partial charge < -0.3 is 15.2 Å². The lowest BCUT2D eigenvalue weighted by Gasteiger charge is -2.49. The van der Waals surface area contributed by atoms with E-state index in [1.807, 2.05) is 0 Å². The highest BCUT2D eigenvalue weighted by atomic mass is 35.6. The number of carbonyl (C=O) groups excluding carboxylic acids is 1. The lowest BCUT2D eigenvalue weighted by Crippen LogP contribution is -2.67. The predicted octanol–water partition coefficient (Wildman–Crippen LogP) is 1.67. The maximum absolute atomic E-state index is 12.9. The van der Waals surface area contributed by atoms with Crippen LogP contribution in [0.3, 0.4) is 0 Å². The zero-order chi connectivity index (χ0) is 24.5. The molecule has 1 saturated heterocycles. The van der Waals surface area contributed by atoms with E-state index in [0.29, 0.717) is 27.9 Å². The molecule has 0 radical (unpaired) electrons.